The smallest absolute Gasteiger partial charge is 0.508 e. The molecule has 4 atom stereocenters. The van der Waals surface area contributed by atoms with Crippen LogP contribution in [0.5, 0.6) is 11.5 Å². The molecule has 56 heavy (non-hydrogen) atoms. The number of nitrogens with zero attached hydrogens (tertiary/aromatic N) is 6. The molecule has 17 heteroatoms. The Bertz CT molecular complexity index is 2820. The van der Waals surface area contributed by atoms with Gasteiger partial charge in [0.05, 0.1) is 34.5 Å². The molecule has 1 N–H and O–H groups in total. The van der Waals surface area contributed by atoms with Crippen molar-refractivity contribution in [1.82, 2.24) is 23.7 Å². The first-order chi connectivity index (χ1) is 26.6. The summed E-state index contributed by atoms with van der Waals surface area (Å²) in [6, 6.07) is 17.4. The van der Waals surface area contributed by atoms with Gasteiger partial charge >= 0.3 is 17.7 Å². The van der Waals surface area contributed by atoms with Crippen LogP contribution in [-0.4, -0.2) is 47.0 Å². The Morgan fingerprint density at radius 3 is 2.48 bits per heavy atom. The lowest BCUT2D eigenvalue weighted by Gasteiger charge is -2.47. The van der Waals surface area contributed by atoms with Crippen molar-refractivity contribution in [3.05, 3.63) is 122 Å². The maximum Gasteiger partial charge on any atom is 0.573 e. The van der Waals surface area contributed by atoms with Gasteiger partial charge < -0.3 is 9.84 Å². The van der Waals surface area contributed by atoms with Crippen LogP contribution in [0, 0.1) is 18.3 Å². The largest absolute Gasteiger partial charge is 0.573 e. The van der Waals surface area contributed by atoms with Gasteiger partial charge in [0.25, 0.3) is 0 Å². The monoisotopic (exact) mass is 802 g/mol. The van der Waals surface area contributed by atoms with Crippen LogP contribution in [-0.2, 0) is 23.2 Å². The molecule has 0 radical (unpaired) electrons. The summed E-state index contributed by atoms with van der Waals surface area (Å²) in [5.74, 6) is -4.68. The summed E-state index contributed by atoms with van der Waals surface area (Å²) in [6.07, 6.45) is -3.54. The van der Waals surface area contributed by atoms with Crippen LogP contribution in [0.25, 0.3) is 26.3 Å². The van der Waals surface area contributed by atoms with E-state index in [2.05, 4.69) is 4.74 Å². The van der Waals surface area contributed by atoms with Crippen LogP contribution in [0.15, 0.2) is 94.0 Å². The molecular weight excluding hydrogens is 773 g/mol. The molecule has 6 aromatic rings. The van der Waals surface area contributed by atoms with E-state index in [1.165, 1.54) is 25.4 Å². The molecule has 2 aliphatic heterocycles. The number of alkyl halides is 3. The summed E-state index contributed by atoms with van der Waals surface area (Å²) in [5.41, 5.74) is -1.06. The zero-order chi connectivity index (χ0) is 39.6. The molecule has 0 bridgehead atoms. The molecule has 1 saturated carbocycles. The Morgan fingerprint density at radius 1 is 1.00 bits per heavy atom. The minimum absolute atomic E-state index is 0.113. The molecule has 3 aliphatic rings. The SMILES string of the molecule is Cc1c(-c2cc(N3C(=O)[C@@H]4C[C@@H]5C(=CCn6c(=O)n(-c7ccccc7)c(=O)n65)[C@H](c5cc(OC(F)(F)F)ccc5O)[C@]4(C)C3=O)n(C)n2)sc2ccc(Cl)cc12. The second kappa shape index (κ2) is 12.3. The van der Waals surface area contributed by atoms with Crippen molar-refractivity contribution in [2.24, 2.45) is 18.4 Å². The molecule has 5 heterocycles. The number of phenolic OH excluding ortho intramolecular Hbond substituents is 1. The van der Waals surface area contributed by atoms with Crippen molar-refractivity contribution in [2.45, 2.75) is 45.1 Å². The molecule has 2 amide bonds. The number of amides is 2. The van der Waals surface area contributed by atoms with Gasteiger partial charge in [-0.2, -0.15) is 5.10 Å². The third-order valence-corrected chi connectivity index (χ3v) is 12.8. The number of fused-ring (bicyclic) bond motifs is 5. The van der Waals surface area contributed by atoms with E-state index in [4.69, 9.17) is 16.7 Å². The minimum Gasteiger partial charge on any atom is -0.508 e. The summed E-state index contributed by atoms with van der Waals surface area (Å²) in [5, 5.41) is 17.5. The fraction of sp³-hybridized carbons (Fsp3) is 0.256. The average Bonchev–Trinajstić information content (AvgIpc) is 3.82. The fourth-order valence-electron chi connectivity index (χ4n) is 8.81. The van der Waals surface area contributed by atoms with Gasteiger partial charge in [0.2, 0.25) is 11.8 Å². The maximum absolute atomic E-state index is 15.1. The number of rotatable bonds is 5. The summed E-state index contributed by atoms with van der Waals surface area (Å²) in [7, 11) is 1.59. The zero-order valence-corrected chi connectivity index (χ0v) is 31.3. The third-order valence-electron chi connectivity index (χ3n) is 11.3. The van der Waals surface area contributed by atoms with Gasteiger partial charge in [-0.3, -0.25) is 14.3 Å². The molecular formula is C39H30ClF3N6O6S. The van der Waals surface area contributed by atoms with E-state index >= 15 is 4.79 Å². The van der Waals surface area contributed by atoms with Crippen LogP contribution >= 0.6 is 22.9 Å². The van der Waals surface area contributed by atoms with Gasteiger partial charge in [-0.05, 0) is 85.3 Å². The zero-order valence-electron chi connectivity index (χ0n) is 29.7. The molecule has 0 spiro atoms. The molecule has 1 saturated heterocycles. The number of allylic oxidation sites excluding steroid dienone is 2. The number of imide groups is 1. The molecule has 12 nitrogen and oxygen atoms in total. The number of aromatic nitrogens is 5. The van der Waals surface area contributed by atoms with Crippen LogP contribution in [0.4, 0.5) is 19.0 Å². The molecule has 286 valence electrons. The Morgan fingerprint density at radius 2 is 1.75 bits per heavy atom. The number of benzene rings is 3. The van der Waals surface area contributed by atoms with Gasteiger partial charge in [-0.25, -0.2) is 28.4 Å². The lowest BCUT2D eigenvalue weighted by atomic mass is 9.56. The second-order valence-electron chi connectivity index (χ2n) is 14.3. The lowest BCUT2D eigenvalue weighted by molar-refractivity contribution is -0.274. The van der Waals surface area contributed by atoms with Crippen LogP contribution in [0.2, 0.25) is 5.02 Å². The van der Waals surface area contributed by atoms with E-state index in [-0.39, 0.29) is 24.3 Å². The summed E-state index contributed by atoms with van der Waals surface area (Å²) in [4.78, 5) is 59.7. The van der Waals surface area contributed by atoms with Gasteiger partial charge in [0.15, 0.2) is 0 Å². The number of carbonyl (C=O) groups is 2. The van der Waals surface area contributed by atoms with E-state index in [0.29, 0.717) is 22.0 Å². The topological polar surface area (TPSA) is 134 Å². The average molecular weight is 803 g/mol. The highest BCUT2D eigenvalue weighted by Gasteiger charge is 2.66. The number of thiophene rings is 1. The maximum atomic E-state index is 15.1. The van der Waals surface area contributed by atoms with Crippen molar-refractivity contribution in [1.29, 1.82) is 0 Å². The van der Waals surface area contributed by atoms with Gasteiger partial charge in [-0.1, -0.05) is 35.9 Å². The number of hydrogen-bond donors (Lipinski definition) is 1. The Hall–Kier alpha value is -5.87. The number of hydrogen-bond acceptors (Lipinski definition) is 8. The molecule has 3 aromatic heterocycles. The molecule has 2 fully saturated rings. The first-order valence-corrected chi connectivity index (χ1v) is 18.7. The van der Waals surface area contributed by atoms with E-state index in [0.717, 1.165) is 48.2 Å². The number of ether oxygens (including phenoxy) is 1. The number of anilines is 1. The highest BCUT2D eigenvalue weighted by Crippen LogP contribution is 2.62. The molecule has 0 unspecified atom stereocenters. The summed E-state index contributed by atoms with van der Waals surface area (Å²) in [6.45, 7) is 3.34. The first kappa shape index (κ1) is 35.8. The Kier molecular flexibility index (Phi) is 7.88. The van der Waals surface area contributed by atoms with Crippen molar-refractivity contribution < 1.29 is 32.6 Å². The number of para-hydroxylation sites is 1. The van der Waals surface area contributed by atoms with E-state index < -0.39 is 64.3 Å². The summed E-state index contributed by atoms with van der Waals surface area (Å²) < 4.78 is 50.6. The predicted octanol–water partition coefficient (Wildman–Crippen LogP) is 6.85. The van der Waals surface area contributed by atoms with Crippen molar-refractivity contribution in [3.63, 3.8) is 0 Å². The quantitative estimate of drug-likeness (QED) is 0.149. The van der Waals surface area contributed by atoms with Gasteiger partial charge in [0, 0.05) is 34.3 Å². The molecule has 9 rings (SSSR count). The van der Waals surface area contributed by atoms with Crippen molar-refractivity contribution >= 4 is 50.7 Å². The summed E-state index contributed by atoms with van der Waals surface area (Å²) >= 11 is 7.75. The Labute approximate surface area is 323 Å². The first-order valence-electron chi connectivity index (χ1n) is 17.5. The second-order valence-corrected chi connectivity index (χ2v) is 15.8. The van der Waals surface area contributed by atoms with Crippen LogP contribution < -0.4 is 21.0 Å². The van der Waals surface area contributed by atoms with Gasteiger partial charge in [-0.15, -0.1) is 24.5 Å². The van der Waals surface area contributed by atoms with E-state index in [9.17, 15) is 32.7 Å². The van der Waals surface area contributed by atoms with Gasteiger partial charge in [0.1, 0.15) is 23.0 Å². The van der Waals surface area contributed by atoms with E-state index in [1.54, 1.807) is 62.5 Å². The minimum atomic E-state index is -5.07. The van der Waals surface area contributed by atoms with E-state index in [1.807, 2.05) is 19.1 Å². The lowest BCUT2D eigenvalue weighted by Crippen LogP contribution is -2.49. The number of phenols is 1. The van der Waals surface area contributed by atoms with Crippen LogP contribution in [0.1, 0.15) is 36.4 Å². The predicted molar refractivity (Wildman–Crippen MR) is 201 cm³/mol. The third kappa shape index (κ3) is 5.15. The number of carbonyl (C=O) groups excluding carboxylic acids is 2. The van der Waals surface area contributed by atoms with Crippen molar-refractivity contribution in [2.75, 3.05) is 4.90 Å². The van der Waals surface area contributed by atoms with Crippen molar-refractivity contribution in [3.8, 4) is 27.8 Å². The highest BCUT2D eigenvalue weighted by atomic mass is 35.5. The fourth-order valence-corrected chi connectivity index (χ4v) is 10.1. The number of halogens is 4. The number of aromatic hydroxyl groups is 1. The molecule has 3 aromatic carbocycles. The standard InChI is InChI=1S/C39H30ClF3N6O6S/c1-19-24-15-20(40)9-12-30(24)56-33(19)27-18-31(45(3)44-27)48-34(51)26-17-28-23(13-14-46-36(53)47(37(54)49(28)46)21-7-5-4-6-8-21)32(38(26,2)35(48)52)25-16-22(10-11-29(25)50)55-39(41,42)43/h4-13,15-16,18,26,28,32,50H,14,17H2,1-3H3/t26-,28+,32+,38+/m0/s1. The van der Waals surface area contributed by atoms with Crippen LogP contribution in [0.3, 0.4) is 0 Å². The molecule has 1 aliphatic carbocycles. The normalized spacial score (nSPS) is 21.9. The highest BCUT2D eigenvalue weighted by molar-refractivity contribution is 7.22. The Balaban J connectivity index is 1.21. The number of aryl methyl sites for hydroxylation is 2.